The highest BCUT2D eigenvalue weighted by atomic mass is 19.1. The zero-order valence-electron chi connectivity index (χ0n) is 12.7. The molecule has 8 heteroatoms. The number of aliphatic hydroxyl groups is 1. The molecular formula is C15H17F2N3O3. The average Bonchev–Trinajstić information content (AvgIpc) is 2.85. The summed E-state index contributed by atoms with van der Waals surface area (Å²) >= 11 is 0. The van der Waals surface area contributed by atoms with Crippen LogP contribution >= 0.6 is 0 Å². The summed E-state index contributed by atoms with van der Waals surface area (Å²) in [6.07, 6.45) is -0.938. The van der Waals surface area contributed by atoms with Crippen molar-refractivity contribution in [3.05, 3.63) is 46.9 Å². The van der Waals surface area contributed by atoms with Crippen LogP contribution in [0.3, 0.4) is 0 Å². The number of hydrogen-bond acceptors (Lipinski definition) is 4. The van der Waals surface area contributed by atoms with Gasteiger partial charge in [-0.3, -0.25) is 0 Å². The number of hydrogen-bond donors (Lipinski definition) is 3. The fourth-order valence-electron chi connectivity index (χ4n) is 2.10. The van der Waals surface area contributed by atoms with Crippen LogP contribution < -0.4 is 10.6 Å². The lowest BCUT2D eigenvalue weighted by atomic mass is 10.1. The van der Waals surface area contributed by atoms with Gasteiger partial charge in [-0.05, 0) is 25.5 Å². The Bertz CT molecular complexity index is 683. The smallest absolute Gasteiger partial charge is 0.319 e. The molecule has 1 aromatic heterocycles. The van der Waals surface area contributed by atoms with Gasteiger partial charge in [0.15, 0.2) is 5.76 Å². The Morgan fingerprint density at radius 3 is 2.65 bits per heavy atom. The summed E-state index contributed by atoms with van der Waals surface area (Å²) in [6, 6.07) is 2.63. The fraction of sp³-hybridized carbons (Fsp3) is 0.333. The van der Waals surface area contributed by atoms with E-state index in [1.165, 1.54) is 6.07 Å². The van der Waals surface area contributed by atoms with Gasteiger partial charge in [0.05, 0.1) is 5.56 Å². The second-order valence-corrected chi connectivity index (χ2v) is 4.90. The zero-order chi connectivity index (χ0) is 17.0. The monoisotopic (exact) mass is 325 g/mol. The summed E-state index contributed by atoms with van der Waals surface area (Å²) in [5.74, 6) is -1.30. The molecule has 0 bridgehead atoms. The standard InChI is InChI=1S/C15H17F2N3O3/c1-3-11-14(8(2)23-20-11)19-15(22)18-7-12(21)13-9(16)5-4-6-10(13)17/h4-6,12,21H,3,7H2,1-2H3,(H2,18,19,22). The zero-order valence-corrected chi connectivity index (χ0v) is 12.7. The first kappa shape index (κ1) is 16.9. The third-order valence-electron chi connectivity index (χ3n) is 3.30. The van der Waals surface area contributed by atoms with Crippen LogP contribution in [0.15, 0.2) is 22.7 Å². The Morgan fingerprint density at radius 1 is 1.39 bits per heavy atom. The number of nitrogens with zero attached hydrogens (tertiary/aromatic N) is 1. The lowest BCUT2D eigenvalue weighted by Crippen LogP contribution is -2.33. The molecule has 0 saturated carbocycles. The van der Waals surface area contributed by atoms with Crippen LogP contribution in [0.5, 0.6) is 0 Å². The molecule has 0 radical (unpaired) electrons. The van der Waals surface area contributed by atoms with Gasteiger partial charge in [0.25, 0.3) is 0 Å². The number of amides is 2. The van der Waals surface area contributed by atoms with E-state index >= 15 is 0 Å². The molecule has 0 aliphatic rings. The van der Waals surface area contributed by atoms with Gasteiger partial charge in [0, 0.05) is 6.54 Å². The number of urea groups is 1. The van der Waals surface area contributed by atoms with Crippen LogP contribution in [0, 0.1) is 18.6 Å². The number of carbonyl (C=O) groups is 1. The summed E-state index contributed by atoms with van der Waals surface area (Å²) in [4.78, 5) is 11.8. The minimum Gasteiger partial charge on any atom is -0.386 e. The van der Waals surface area contributed by atoms with E-state index in [1.807, 2.05) is 6.92 Å². The molecule has 0 aliphatic carbocycles. The van der Waals surface area contributed by atoms with Gasteiger partial charge in [-0.2, -0.15) is 0 Å². The van der Waals surface area contributed by atoms with E-state index in [-0.39, 0.29) is 6.54 Å². The summed E-state index contributed by atoms with van der Waals surface area (Å²) in [7, 11) is 0. The number of aryl methyl sites for hydroxylation is 2. The minimum absolute atomic E-state index is 0.352. The largest absolute Gasteiger partial charge is 0.386 e. The van der Waals surface area contributed by atoms with Crippen molar-refractivity contribution in [2.24, 2.45) is 0 Å². The minimum atomic E-state index is -1.50. The SMILES string of the molecule is CCc1noc(C)c1NC(=O)NCC(O)c1c(F)cccc1F. The predicted octanol–water partition coefficient (Wildman–Crippen LogP) is 2.68. The molecule has 23 heavy (non-hydrogen) atoms. The molecule has 0 aliphatic heterocycles. The van der Waals surface area contributed by atoms with Crippen molar-refractivity contribution in [3.8, 4) is 0 Å². The van der Waals surface area contributed by atoms with Gasteiger partial charge in [-0.1, -0.05) is 18.1 Å². The Hall–Kier alpha value is -2.48. The number of nitrogens with one attached hydrogen (secondary N) is 2. The number of aromatic nitrogens is 1. The molecule has 1 unspecified atom stereocenters. The first-order chi connectivity index (χ1) is 10.9. The average molecular weight is 325 g/mol. The summed E-state index contributed by atoms with van der Waals surface area (Å²) in [5, 5.41) is 18.5. The topological polar surface area (TPSA) is 87.4 Å². The molecular weight excluding hydrogens is 308 g/mol. The van der Waals surface area contributed by atoms with Gasteiger partial charge < -0.3 is 20.3 Å². The van der Waals surface area contributed by atoms with Crippen LogP contribution in [-0.2, 0) is 6.42 Å². The van der Waals surface area contributed by atoms with E-state index in [0.29, 0.717) is 23.6 Å². The molecule has 1 atom stereocenters. The number of carbonyl (C=O) groups excluding carboxylic acids is 1. The summed E-state index contributed by atoms with van der Waals surface area (Å²) in [6.45, 7) is 3.14. The molecule has 0 spiro atoms. The van der Waals surface area contributed by atoms with Crippen molar-refractivity contribution >= 4 is 11.7 Å². The molecule has 1 heterocycles. The Balaban J connectivity index is 1.98. The first-order valence-electron chi connectivity index (χ1n) is 7.06. The molecule has 124 valence electrons. The van der Waals surface area contributed by atoms with E-state index in [0.717, 1.165) is 12.1 Å². The van der Waals surface area contributed by atoms with E-state index in [4.69, 9.17) is 4.52 Å². The van der Waals surface area contributed by atoms with Crippen molar-refractivity contribution < 1.29 is 23.2 Å². The van der Waals surface area contributed by atoms with E-state index in [9.17, 15) is 18.7 Å². The molecule has 2 rings (SSSR count). The lowest BCUT2D eigenvalue weighted by molar-refractivity contribution is 0.166. The van der Waals surface area contributed by atoms with Gasteiger partial charge in [0.1, 0.15) is 29.1 Å². The van der Waals surface area contributed by atoms with Gasteiger partial charge in [-0.15, -0.1) is 0 Å². The molecule has 2 aromatic rings. The molecule has 0 saturated heterocycles. The van der Waals surface area contributed by atoms with Crippen molar-refractivity contribution in [1.82, 2.24) is 10.5 Å². The number of benzene rings is 1. The van der Waals surface area contributed by atoms with Crippen LogP contribution in [0.2, 0.25) is 0 Å². The van der Waals surface area contributed by atoms with Gasteiger partial charge in [-0.25, -0.2) is 13.6 Å². The fourth-order valence-corrected chi connectivity index (χ4v) is 2.10. The van der Waals surface area contributed by atoms with Crippen molar-refractivity contribution in [3.63, 3.8) is 0 Å². The first-order valence-corrected chi connectivity index (χ1v) is 7.06. The highest BCUT2D eigenvalue weighted by Gasteiger charge is 2.19. The summed E-state index contributed by atoms with van der Waals surface area (Å²) < 4.78 is 32.0. The van der Waals surface area contributed by atoms with Gasteiger partial charge >= 0.3 is 6.03 Å². The predicted molar refractivity (Wildman–Crippen MR) is 79.0 cm³/mol. The van der Waals surface area contributed by atoms with E-state index in [2.05, 4.69) is 15.8 Å². The molecule has 6 nitrogen and oxygen atoms in total. The summed E-state index contributed by atoms with van der Waals surface area (Å²) in [5.41, 5.74) is 0.540. The van der Waals surface area contributed by atoms with E-state index < -0.39 is 29.3 Å². The van der Waals surface area contributed by atoms with Crippen molar-refractivity contribution in [1.29, 1.82) is 0 Å². The number of anilines is 1. The number of rotatable bonds is 5. The van der Waals surface area contributed by atoms with E-state index in [1.54, 1.807) is 6.92 Å². The maximum atomic E-state index is 13.5. The molecule has 3 N–H and O–H groups in total. The van der Waals surface area contributed by atoms with Crippen molar-refractivity contribution in [2.75, 3.05) is 11.9 Å². The second-order valence-electron chi connectivity index (χ2n) is 4.90. The quantitative estimate of drug-likeness (QED) is 0.789. The Kier molecular flexibility index (Phi) is 5.28. The van der Waals surface area contributed by atoms with Crippen LogP contribution in [-0.4, -0.2) is 22.8 Å². The van der Waals surface area contributed by atoms with Crippen LogP contribution in [0.4, 0.5) is 19.3 Å². The van der Waals surface area contributed by atoms with Gasteiger partial charge in [0.2, 0.25) is 0 Å². The maximum Gasteiger partial charge on any atom is 0.319 e. The number of aliphatic hydroxyl groups excluding tert-OH is 1. The van der Waals surface area contributed by atoms with Crippen LogP contribution in [0.25, 0.3) is 0 Å². The highest BCUT2D eigenvalue weighted by molar-refractivity contribution is 5.90. The second kappa shape index (κ2) is 7.19. The number of halogens is 2. The Labute approximate surface area is 131 Å². The normalized spacial score (nSPS) is 12.0. The van der Waals surface area contributed by atoms with Crippen molar-refractivity contribution in [2.45, 2.75) is 26.4 Å². The van der Waals surface area contributed by atoms with Crippen LogP contribution in [0.1, 0.15) is 30.0 Å². The Morgan fingerprint density at radius 2 is 2.04 bits per heavy atom. The molecule has 0 fully saturated rings. The maximum absolute atomic E-state index is 13.5. The molecule has 2 amide bonds. The third kappa shape index (κ3) is 3.84. The third-order valence-corrected chi connectivity index (χ3v) is 3.30. The highest BCUT2D eigenvalue weighted by Crippen LogP contribution is 2.21. The molecule has 1 aromatic carbocycles. The lowest BCUT2D eigenvalue weighted by Gasteiger charge is -2.14.